The number of hydrogen-bond donors (Lipinski definition) is 0. The molecule has 12 heteroatoms. The summed E-state index contributed by atoms with van der Waals surface area (Å²) in [5, 5.41) is 0. The molecule has 1 aliphatic rings. The van der Waals surface area contributed by atoms with Crippen LogP contribution in [0.25, 0.3) is 33.3 Å². The summed E-state index contributed by atoms with van der Waals surface area (Å²) in [5.74, 6) is 0.397. The van der Waals surface area contributed by atoms with Crippen molar-refractivity contribution in [3.05, 3.63) is 38.4 Å². The Kier molecular flexibility index (Phi) is 7.14. The molecule has 0 spiro atoms. The molecule has 9 nitrogen and oxygen atoms in total. The van der Waals surface area contributed by atoms with Gasteiger partial charge in [0, 0.05) is 18.2 Å². The minimum Gasteiger partial charge on any atom is -0.491 e. The van der Waals surface area contributed by atoms with Gasteiger partial charge in [0.1, 0.15) is 45.8 Å². The first kappa shape index (κ1) is 23.6. The molecule has 0 aliphatic heterocycles. The quantitative estimate of drug-likeness (QED) is 0.213. The summed E-state index contributed by atoms with van der Waals surface area (Å²) in [6, 6.07) is 5.38. The van der Waals surface area contributed by atoms with Gasteiger partial charge in [0.05, 0.1) is 53.7 Å². The first-order valence-corrected chi connectivity index (χ1v) is 12.7. The SMILES string of the molecule is COCCOCCOCCOc1ccc2c(c1)C(=O)c1nc3c(Br)c4nsnc4c(Br)c3nc1-2. The largest absolute Gasteiger partial charge is 0.491 e. The lowest BCUT2D eigenvalue weighted by Gasteiger charge is -2.09. The predicted molar refractivity (Wildman–Crippen MR) is 134 cm³/mol. The van der Waals surface area contributed by atoms with Gasteiger partial charge in [-0.2, -0.15) is 8.75 Å². The number of ketones is 1. The zero-order valence-electron chi connectivity index (χ0n) is 18.0. The first-order valence-electron chi connectivity index (χ1n) is 10.4. The number of halogens is 2. The van der Waals surface area contributed by atoms with Crippen molar-refractivity contribution < 1.29 is 23.7 Å². The molecule has 2 aromatic heterocycles. The first-order chi connectivity index (χ1) is 16.6. The third kappa shape index (κ3) is 4.34. The van der Waals surface area contributed by atoms with Crippen molar-refractivity contribution in [2.45, 2.75) is 0 Å². The number of methoxy groups -OCH3 is 1. The van der Waals surface area contributed by atoms with Crippen molar-refractivity contribution >= 4 is 71.4 Å². The molecule has 1 aliphatic carbocycles. The Morgan fingerprint density at radius 1 is 0.794 bits per heavy atom. The second kappa shape index (κ2) is 10.3. The van der Waals surface area contributed by atoms with Crippen LogP contribution in [0.15, 0.2) is 27.1 Å². The normalized spacial score (nSPS) is 12.5. The molecule has 2 heterocycles. The third-order valence-corrected chi connectivity index (χ3v) is 7.25. The van der Waals surface area contributed by atoms with Crippen LogP contribution in [-0.2, 0) is 14.2 Å². The molecule has 0 fully saturated rings. The number of aromatic nitrogens is 4. The van der Waals surface area contributed by atoms with Gasteiger partial charge in [0.25, 0.3) is 0 Å². The van der Waals surface area contributed by atoms with Gasteiger partial charge < -0.3 is 18.9 Å². The van der Waals surface area contributed by atoms with Gasteiger partial charge in [-0.1, -0.05) is 0 Å². The second-order valence-electron chi connectivity index (χ2n) is 7.31. The van der Waals surface area contributed by atoms with E-state index in [2.05, 4.69) is 45.6 Å². The molecule has 2 aromatic carbocycles. The lowest BCUT2D eigenvalue weighted by molar-refractivity contribution is 0.0179. The fourth-order valence-electron chi connectivity index (χ4n) is 3.61. The molecular weight excluding hydrogens is 592 g/mol. The number of carbonyl (C=O) groups is 1. The number of ether oxygens (including phenoxy) is 4. The summed E-state index contributed by atoms with van der Waals surface area (Å²) in [4.78, 5) is 22.6. The number of carbonyl (C=O) groups excluding carboxylic acids is 1. The average Bonchev–Trinajstić information content (AvgIpc) is 3.45. The highest BCUT2D eigenvalue weighted by Crippen LogP contribution is 2.41. The van der Waals surface area contributed by atoms with Crippen LogP contribution in [0, 0.1) is 0 Å². The Morgan fingerprint density at radius 3 is 2.09 bits per heavy atom. The third-order valence-electron chi connectivity index (χ3n) is 5.22. The topological polar surface area (TPSA) is 106 Å². The molecule has 4 aromatic rings. The smallest absolute Gasteiger partial charge is 0.214 e. The van der Waals surface area contributed by atoms with E-state index in [1.165, 1.54) is 0 Å². The summed E-state index contributed by atoms with van der Waals surface area (Å²) >= 11 is 8.25. The molecule has 0 saturated heterocycles. The Morgan fingerprint density at radius 2 is 1.41 bits per heavy atom. The van der Waals surface area contributed by atoms with Crippen LogP contribution in [0.4, 0.5) is 0 Å². The highest BCUT2D eigenvalue weighted by molar-refractivity contribution is 9.11. The van der Waals surface area contributed by atoms with E-state index in [-0.39, 0.29) is 5.78 Å². The molecule has 0 amide bonds. The van der Waals surface area contributed by atoms with E-state index in [1.807, 2.05) is 12.1 Å². The number of benzene rings is 2. The Bertz CT molecular complexity index is 1400. The maximum absolute atomic E-state index is 13.2. The van der Waals surface area contributed by atoms with Crippen LogP contribution in [0.3, 0.4) is 0 Å². The lowest BCUT2D eigenvalue weighted by Crippen LogP contribution is -2.12. The van der Waals surface area contributed by atoms with Crippen molar-refractivity contribution in [2.75, 3.05) is 46.8 Å². The van der Waals surface area contributed by atoms with E-state index in [9.17, 15) is 4.79 Å². The van der Waals surface area contributed by atoms with Crippen LogP contribution in [0.2, 0.25) is 0 Å². The van der Waals surface area contributed by atoms with Crippen LogP contribution >= 0.6 is 43.6 Å². The van der Waals surface area contributed by atoms with Crippen LogP contribution in [0.1, 0.15) is 16.1 Å². The fourth-order valence-corrected chi connectivity index (χ4v) is 5.51. The number of rotatable bonds is 10. The van der Waals surface area contributed by atoms with Gasteiger partial charge in [-0.3, -0.25) is 4.79 Å². The van der Waals surface area contributed by atoms with Gasteiger partial charge in [-0.25, -0.2) is 9.97 Å². The van der Waals surface area contributed by atoms with Crippen LogP contribution < -0.4 is 4.74 Å². The van der Waals surface area contributed by atoms with E-state index in [0.29, 0.717) is 93.4 Å². The molecule has 176 valence electrons. The molecule has 0 unspecified atom stereocenters. The van der Waals surface area contributed by atoms with Crippen molar-refractivity contribution in [2.24, 2.45) is 0 Å². The molecule has 0 atom stereocenters. The van der Waals surface area contributed by atoms with E-state index in [0.717, 1.165) is 17.3 Å². The molecule has 5 rings (SSSR count). The highest BCUT2D eigenvalue weighted by Gasteiger charge is 2.32. The molecule has 0 bridgehead atoms. The van der Waals surface area contributed by atoms with Crippen molar-refractivity contribution in [1.29, 1.82) is 0 Å². The summed E-state index contributed by atoms with van der Waals surface area (Å²) in [6.07, 6.45) is 0. The zero-order valence-corrected chi connectivity index (χ0v) is 22.0. The van der Waals surface area contributed by atoms with Gasteiger partial charge in [0.15, 0.2) is 0 Å². The van der Waals surface area contributed by atoms with E-state index in [1.54, 1.807) is 13.2 Å². The zero-order chi connectivity index (χ0) is 23.7. The van der Waals surface area contributed by atoms with Crippen LogP contribution in [-0.4, -0.2) is 71.2 Å². The lowest BCUT2D eigenvalue weighted by atomic mass is 10.1. The summed E-state index contributed by atoms with van der Waals surface area (Å²) < 4.78 is 31.5. The highest BCUT2D eigenvalue weighted by atomic mass is 79.9. The number of fused-ring (bicyclic) bond motifs is 5. The second-order valence-corrected chi connectivity index (χ2v) is 9.42. The molecule has 0 radical (unpaired) electrons. The molecule has 0 saturated carbocycles. The number of hydrogen-bond acceptors (Lipinski definition) is 10. The van der Waals surface area contributed by atoms with Crippen molar-refractivity contribution in [1.82, 2.24) is 18.7 Å². The minimum absolute atomic E-state index is 0.186. The molecule has 0 N–H and O–H groups in total. The monoisotopic (exact) mass is 608 g/mol. The van der Waals surface area contributed by atoms with Crippen molar-refractivity contribution in [3.8, 4) is 17.0 Å². The van der Waals surface area contributed by atoms with Gasteiger partial charge >= 0.3 is 0 Å². The maximum atomic E-state index is 13.2. The Hall–Kier alpha value is -2.09. The van der Waals surface area contributed by atoms with Gasteiger partial charge in [-0.05, 0) is 50.1 Å². The van der Waals surface area contributed by atoms with Crippen molar-refractivity contribution in [3.63, 3.8) is 0 Å². The molecular formula is C22H18Br2N4O5S. The van der Waals surface area contributed by atoms with E-state index >= 15 is 0 Å². The average molecular weight is 610 g/mol. The van der Waals surface area contributed by atoms with E-state index in [4.69, 9.17) is 23.9 Å². The van der Waals surface area contributed by atoms with E-state index < -0.39 is 0 Å². The van der Waals surface area contributed by atoms with Crippen LogP contribution in [0.5, 0.6) is 5.75 Å². The fraction of sp³-hybridized carbons (Fsp3) is 0.318. The maximum Gasteiger partial charge on any atom is 0.214 e. The predicted octanol–water partition coefficient (Wildman–Crippen LogP) is 4.43. The standard InChI is InChI=1S/C22H18Br2N4O5S/c1-30-4-5-31-6-7-32-8-9-33-11-2-3-12-13(10-11)22(29)21-16(12)25-17-14(23)19-20(28-34-27-19)15(24)18(17)26-21/h2-3,10H,4-9H2,1H3. The van der Waals surface area contributed by atoms with Gasteiger partial charge in [0.2, 0.25) is 5.78 Å². The van der Waals surface area contributed by atoms with Gasteiger partial charge in [-0.15, -0.1) is 0 Å². The Balaban J connectivity index is 1.31. The Labute approximate surface area is 215 Å². The summed E-state index contributed by atoms with van der Waals surface area (Å²) in [6.45, 7) is 2.85. The molecule has 34 heavy (non-hydrogen) atoms. The summed E-state index contributed by atoms with van der Waals surface area (Å²) in [7, 11) is 1.63. The minimum atomic E-state index is -0.186. The summed E-state index contributed by atoms with van der Waals surface area (Å²) in [5.41, 5.74) is 4.67. The number of nitrogens with zero attached hydrogens (tertiary/aromatic N) is 4.